The highest BCUT2D eigenvalue weighted by atomic mass is 16.6. The third-order valence-corrected chi connectivity index (χ3v) is 5.98. The van der Waals surface area contributed by atoms with E-state index in [1.165, 1.54) is 52.1 Å². The van der Waals surface area contributed by atoms with Crippen LogP contribution in [0.5, 0.6) is 0 Å². The third-order valence-electron chi connectivity index (χ3n) is 5.98. The van der Waals surface area contributed by atoms with Crippen LogP contribution in [-0.4, -0.2) is 84.2 Å². The first kappa shape index (κ1) is 36.7. The first-order chi connectivity index (χ1) is 20.6. The minimum atomic E-state index is -1.13. The van der Waals surface area contributed by atoms with E-state index in [1.807, 2.05) is 0 Å². The van der Waals surface area contributed by atoms with Gasteiger partial charge in [-0.25, -0.2) is 0 Å². The maximum atomic E-state index is 13.0. The molecule has 0 aliphatic carbocycles. The molecule has 0 heterocycles. The van der Waals surface area contributed by atoms with Crippen LogP contribution in [0.3, 0.4) is 0 Å². The smallest absolute Gasteiger partial charge is 0.306 e. The Bertz CT molecular complexity index is 1230. The molecule has 242 valence electrons. The molecule has 1 aromatic carbocycles. The Hall–Kier alpha value is -5.29. The number of benzene rings is 1. The summed E-state index contributed by atoms with van der Waals surface area (Å²) in [4.78, 5) is 88.1. The summed E-state index contributed by atoms with van der Waals surface area (Å²) in [5, 5.41) is 23.3. The van der Waals surface area contributed by atoms with E-state index < -0.39 is 64.6 Å². The van der Waals surface area contributed by atoms with E-state index in [-0.39, 0.29) is 43.1 Å². The SMILES string of the molecule is COC(=O)CCC(=O)NC(C)C(=O)NC(C)C(=O)NC(C)C(=O)NC(CCCN=C(N)N)C(=O)Nc1ccc([N+](=O)[O-])cc1. The molecule has 1 rings (SSSR count). The molecule has 0 aliphatic heterocycles. The van der Waals surface area contributed by atoms with Crippen LogP contribution in [0.25, 0.3) is 0 Å². The number of amides is 5. The normalized spacial score (nSPS) is 13.1. The maximum absolute atomic E-state index is 13.0. The Kier molecular flexibility index (Phi) is 15.3. The van der Waals surface area contributed by atoms with E-state index in [1.54, 1.807) is 0 Å². The fourth-order valence-corrected chi connectivity index (χ4v) is 3.47. The number of nitro groups is 1. The standard InChI is InChI=1S/C26H39N9O9/c1-14(30-20(36)11-12-21(37)44-4)22(38)31-15(2)23(39)32-16(3)24(40)34-19(6-5-13-29-26(27)28)25(41)33-17-7-9-18(10-8-17)35(42)43/h7-10,14-16,19H,5-6,11-13H2,1-4H3,(H,30,36)(H,31,38)(H,32,39)(H,33,41)(H,34,40)(H4,27,28,29). The number of hydrogen-bond acceptors (Lipinski definition) is 10. The van der Waals surface area contributed by atoms with Crippen molar-refractivity contribution in [2.45, 2.75) is 70.6 Å². The number of anilines is 1. The second-order valence-corrected chi connectivity index (χ2v) is 9.63. The number of nitro benzene ring substituents is 1. The molecular formula is C26H39N9O9. The maximum Gasteiger partial charge on any atom is 0.306 e. The van der Waals surface area contributed by atoms with Gasteiger partial charge >= 0.3 is 5.97 Å². The molecule has 0 aromatic heterocycles. The molecule has 0 bridgehead atoms. The first-order valence-corrected chi connectivity index (χ1v) is 13.5. The summed E-state index contributed by atoms with van der Waals surface area (Å²) < 4.78 is 4.45. The van der Waals surface area contributed by atoms with Gasteiger partial charge in [0.05, 0.1) is 18.5 Å². The molecule has 0 spiro atoms. The average Bonchev–Trinajstić information content (AvgIpc) is 2.96. The number of nitrogens with zero attached hydrogens (tertiary/aromatic N) is 2. The van der Waals surface area contributed by atoms with Gasteiger partial charge in [-0.2, -0.15) is 0 Å². The number of guanidine groups is 1. The van der Waals surface area contributed by atoms with E-state index in [9.17, 15) is 38.9 Å². The molecule has 44 heavy (non-hydrogen) atoms. The van der Waals surface area contributed by atoms with E-state index in [0.717, 1.165) is 0 Å². The van der Waals surface area contributed by atoms with Crippen molar-refractivity contribution in [2.24, 2.45) is 16.5 Å². The van der Waals surface area contributed by atoms with Crippen molar-refractivity contribution in [3.8, 4) is 0 Å². The van der Waals surface area contributed by atoms with Gasteiger partial charge in [-0.1, -0.05) is 0 Å². The van der Waals surface area contributed by atoms with Gasteiger partial charge in [0.15, 0.2) is 5.96 Å². The molecular weight excluding hydrogens is 582 g/mol. The molecule has 18 heteroatoms. The lowest BCUT2D eigenvalue weighted by Crippen LogP contribution is -2.56. The zero-order valence-corrected chi connectivity index (χ0v) is 24.9. The van der Waals surface area contributed by atoms with Gasteiger partial charge < -0.3 is 42.8 Å². The van der Waals surface area contributed by atoms with Crippen molar-refractivity contribution in [3.05, 3.63) is 34.4 Å². The van der Waals surface area contributed by atoms with Crippen molar-refractivity contribution < 1.29 is 38.4 Å². The first-order valence-electron chi connectivity index (χ1n) is 13.5. The summed E-state index contributed by atoms with van der Waals surface area (Å²) in [7, 11) is 1.18. The number of non-ortho nitro benzene ring substituents is 1. The molecule has 9 N–H and O–H groups in total. The van der Waals surface area contributed by atoms with Crippen molar-refractivity contribution in [1.82, 2.24) is 21.3 Å². The number of carbonyl (C=O) groups excluding carboxylic acids is 6. The fourth-order valence-electron chi connectivity index (χ4n) is 3.47. The summed E-state index contributed by atoms with van der Waals surface area (Å²) in [5.74, 6) is -4.03. The lowest BCUT2D eigenvalue weighted by atomic mass is 10.1. The molecule has 0 aliphatic rings. The Morgan fingerprint density at radius 2 is 1.36 bits per heavy atom. The van der Waals surface area contributed by atoms with Crippen LogP contribution >= 0.6 is 0 Å². The molecule has 0 saturated heterocycles. The molecule has 0 fully saturated rings. The van der Waals surface area contributed by atoms with Gasteiger partial charge in [0.2, 0.25) is 29.5 Å². The second kappa shape index (κ2) is 18.3. The lowest BCUT2D eigenvalue weighted by Gasteiger charge is -2.23. The van der Waals surface area contributed by atoms with Crippen molar-refractivity contribution in [2.75, 3.05) is 19.0 Å². The molecule has 0 saturated carbocycles. The molecule has 18 nitrogen and oxygen atoms in total. The third kappa shape index (κ3) is 13.6. The van der Waals surface area contributed by atoms with Crippen LogP contribution in [0.2, 0.25) is 0 Å². The molecule has 0 radical (unpaired) electrons. The number of rotatable bonds is 17. The number of nitrogens with one attached hydrogen (secondary N) is 5. The number of aliphatic imine (C=N–C) groups is 1. The summed E-state index contributed by atoms with van der Waals surface area (Å²) in [6.45, 7) is 4.30. The van der Waals surface area contributed by atoms with Crippen LogP contribution < -0.4 is 38.1 Å². The fraction of sp³-hybridized carbons (Fsp3) is 0.500. The largest absolute Gasteiger partial charge is 0.469 e. The number of nitrogens with two attached hydrogens (primary N) is 2. The van der Waals surface area contributed by atoms with Gasteiger partial charge in [0.1, 0.15) is 24.2 Å². The quantitative estimate of drug-likeness (QED) is 0.0263. The van der Waals surface area contributed by atoms with Crippen LogP contribution in [0.1, 0.15) is 46.5 Å². The number of ether oxygens (including phenoxy) is 1. The van der Waals surface area contributed by atoms with Crippen molar-refractivity contribution >= 4 is 52.8 Å². The van der Waals surface area contributed by atoms with Crippen LogP contribution in [0.4, 0.5) is 11.4 Å². The average molecular weight is 622 g/mol. The highest BCUT2D eigenvalue weighted by molar-refractivity contribution is 5.99. The Morgan fingerprint density at radius 1 is 0.841 bits per heavy atom. The topological polar surface area (TPSA) is 279 Å². The minimum Gasteiger partial charge on any atom is -0.469 e. The van der Waals surface area contributed by atoms with Gasteiger partial charge in [-0.15, -0.1) is 0 Å². The summed E-state index contributed by atoms with van der Waals surface area (Å²) in [5.41, 5.74) is 10.7. The minimum absolute atomic E-state index is 0.109. The summed E-state index contributed by atoms with van der Waals surface area (Å²) in [6.07, 6.45) is 0.0643. The van der Waals surface area contributed by atoms with Crippen LogP contribution in [-0.2, 0) is 33.5 Å². The van der Waals surface area contributed by atoms with Gasteiger partial charge in [-0.05, 0) is 45.7 Å². The van der Waals surface area contributed by atoms with Crippen molar-refractivity contribution in [1.29, 1.82) is 0 Å². The zero-order chi connectivity index (χ0) is 33.4. The van der Waals surface area contributed by atoms with E-state index in [0.29, 0.717) is 6.42 Å². The Morgan fingerprint density at radius 3 is 1.86 bits per heavy atom. The van der Waals surface area contributed by atoms with Crippen LogP contribution in [0.15, 0.2) is 29.3 Å². The highest BCUT2D eigenvalue weighted by Gasteiger charge is 2.27. The summed E-state index contributed by atoms with van der Waals surface area (Å²) >= 11 is 0. The van der Waals surface area contributed by atoms with Crippen LogP contribution in [0, 0.1) is 10.1 Å². The van der Waals surface area contributed by atoms with Crippen molar-refractivity contribution in [3.63, 3.8) is 0 Å². The second-order valence-electron chi connectivity index (χ2n) is 9.63. The summed E-state index contributed by atoms with van der Waals surface area (Å²) in [6, 6.07) is 0.733. The molecule has 5 amide bonds. The number of esters is 1. The van der Waals surface area contributed by atoms with E-state index >= 15 is 0 Å². The van der Waals surface area contributed by atoms with Gasteiger partial charge in [0, 0.05) is 30.8 Å². The zero-order valence-electron chi connectivity index (χ0n) is 24.9. The van der Waals surface area contributed by atoms with E-state index in [2.05, 4.69) is 36.3 Å². The van der Waals surface area contributed by atoms with Gasteiger partial charge in [-0.3, -0.25) is 43.9 Å². The predicted molar refractivity (Wildman–Crippen MR) is 158 cm³/mol. The highest BCUT2D eigenvalue weighted by Crippen LogP contribution is 2.16. The number of carbonyl (C=O) groups is 6. The van der Waals surface area contributed by atoms with Gasteiger partial charge in [0.25, 0.3) is 5.69 Å². The van der Waals surface area contributed by atoms with E-state index in [4.69, 9.17) is 11.5 Å². The number of methoxy groups -OCH3 is 1. The molecule has 4 unspecified atom stereocenters. The lowest BCUT2D eigenvalue weighted by molar-refractivity contribution is -0.384. The number of hydrogen-bond donors (Lipinski definition) is 7. The Balaban J connectivity index is 2.76. The monoisotopic (exact) mass is 621 g/mol. The Labute approximate surface area is 253 Å². The molecule has 1 aromatic rings. The predicted octanol–water partition coefficient (Wildman–Crippen LogP) is -1.46. The molecule has 4 atom stereocenters.